The van der Waals surface area contributed by atoms with Crippen LogP contribution in [-0.2, 0) is 13.0 Å². The molecule has 0 atom stereocenters. The van der Waals surface area contributed by atoms with E-state index in [0.29, 0.717) is 25.1 Å². The molecular weight excluding hydrogens is 362 g/mol. The van der Waals surface area contributed by atoms with Gasteiger partial charge in [-0.15, -0.1) is 0 Å². The molecule has 3 aromatic carbocycles. The molecule has 5 heteroatoms. The van der Waals surface area contributed by atoms with Gasteiger partial charge in [0.05, 0.1) is 24.7 Å². The van der Waals surface area contributed by atoms with Crippen molar-refractivity contribution < 1.29 is 9.53 Å². The molecule has 4 aromatic rings. The highest BCUT2D eigenvalue weighted by Gasteiger charge is 2.13. The fraction of sp³-hybridized carbons (Fsp3) is 0.167. The van der Waals surface area contributed by atoms with Crippen LogP contribution in [0, 0.1) is 0 Å². The summed E-state index contributed by atoms with van der Waals surface area (Å²) in [6.07, 6.45) is 0.641. The Morgan fingerprint density at radius 1 is 0.966 bits per heavy atom. The average Bonchev–Trinajstić information content (AvgIpc) is 3.12. The Balaban J connectivity index is 1.56. The van der Waals surface area contributed by atoms with E-state index in [0.717, 1.165) is 28.2 Å². The van der Waals surface area contributed by atoms with E-state index in [1.54, 1.807) is 7.11 Å². The van der Waals surface area contributed by atoms with Gasteiger partial charge >= 0.3 is 0 Å². The Kier molecular flexibility index (Phi) is 5.56. The van der Waals surface area contributed by atoms with Gasteiger partial charge in [-0.1, -0.05) is 48.5 Å². The van der Waals surface area contributed by atoms with E-state index in [2.05, 4.69) is 22.0 Å². The van der Waals surface area contributed by atoms with Crippen LogP contribution in [0.5, 0.6) is 5.75 Å². The van der Waals surface area contributed by atoms with Crippen molar-refractivity contribution >= 4 is 16.9 Å². The third-order valence-corrected chi connectivity index (χ3v) is 4.92. The number of hydrogen-bond donors (Lipinski definition) is 1. The number of fused-ring (bicyclic) bond motifs is 1. The maximum Gasteiger partial charge on any atom is 0.251 e. The Morgan fingerprint density at radius 2 is 1.69 bits per heavy atom. The third kappa shape index (κ3) is 4.14. The Hall–Kier alpha value is -3.60. The van der Waals surface area contributed by atoms with E-state index in [4.69, 9.17) is 9.72 Å². The molecule has 0 spiro atoms. The van der Waals surface area contributed by atoms with Crippen LogP contribution in [0.2, 0.25) is 0 Å². The minimum Gasteiger partial charge on any atom is -0.496 e. The number of imidazole rings is 1. The van der Waals surface area contributed by atoms with Crippen LogP contribution in [0.25, 0.3) is 11.0 Å². The van der Waals surface area contributed by atoms with Crippen molar-refractivity contribution in [1.29, 1.82) is 0 Å². The van der Waals surface area contributed by atoms with E-state index in [1.165, 1.54) is 0 Å². The van der Waals surface area contributed by atoms with Crippen LogP contribution < -0.4 is 10.1 Å². The average molecular weight is 385 g/mol. The number of rotatable bonds is 7. The van der Waals surface area contributed by atoms with Crippen molar-refractivity contribution in [3.8, 4) is 5.75 Å². The van der Waals surface area contributed by atoms with E-state index < -0.39 is 0 Å². The first-order valence-corrected chi connectivity index (χ1v) is 9.65. The van der Waals surface area contributed by atoms with E-state index in [9.17, 15) is 4.79 Å². The summed E-state index contributed by atoms with van der Waals surface area (Å²) in [6.45, 7) is 1.18. The van der Waals surface area contributed by atoms with Gasteiger partial charge in [-0.25, -0.2) is 4.98 Å². The van der Waals surface area contributed by atoms with E-state index >= 15 is 0 Å². The smallest absolute Gasteiger partial charge is 0.251 e. The summed E-state index contributed by atoms with van der Waals surface area (Å²) in [5.74, 6) is 1.72. The highest BCUT2D eigenvalue weighted by Crippen LogP contribution is 2.23. The number of nitrogens with one attached hydrogen (secondary N) is 1. The first kappa shape index (κ1) is 18.7. The highest BCUT2D eigenvalue weighted by molar-refractivity contribution is 5.94. The summed E-state index contributed by atoms with van der Waals surface area (Å²) in [6, 6.07) is 25.4. The van der Waals surface area contributed by atoms with Crippen molar-refractivity contribution in [3.63, 3.8) is 0 Å². The molecule has 5 nitrogen and oxygen atoms in total. The van der Waals surface area contributed by atoms with Gasteiger partial charge in [0.25, 0.3) is 5.91 Å². The first-order valence-electron chi connectivity index (χ1n) is 9.65. The van der Waals surface area contributed by atoms with Crippen LogP contribution in [0.1, 0.15) is 21.7 Å². The van der Waals surface area contributed by atoms with Crippen LogP contribution >= 0.6 is 0 Å². The Bertz CT molecular complexity index is 1120. The number of methoxy groups -OCH3 is 1. The summed E-state index contributed by atoms with van der Waals surface area (Å²) < 4.78 is 7.71. The lowest BCUT2D eigenvalue weighted by atomic mass is 10.2. The van der Waals surface area contributed by atoms with Gasteiger partial charge in [-0.05, 0) is 30.3 Å². The second kappa shape index (κ2) is 8.61. The summed E-state index contributed by atoms with van der Waals surface area (Å²) in [5.41, 5.74) is 3.78. The minimum atomic E-state index is -0.0713. The zero-order chi connectivity index (χ0) is 20.1. The number of carbonyl (C=O) groups is 1. The lowest BCUT2D eigenvalue weighted by Gasteiger charge is -2.13. The third-order valence-electron chi connectivity index (χ3n) is 4.92. The predicted molar refractivity (Wildman–Crippen MR) is 114 cm³/mol. The second-order valence-corrected chi connectivity index (χ2v) is 6.79. The summed E-state index contributed by atoms with van der Waals surface area (Å²) in [7, 11) is 1.69. The zero-order valence-corrected chi connectivity index (χ0v) is 16.3. The maximum absolute atomic E-state index is 12.3. The molecule has 0 saturated heterocycles. The van der Waals surface area contributed by atoms with Gasteiger partial charge in [0, 0.05) is 24.1 Å². The fourth-order valence-corrected chi connectivity index (χ4v) is 3.48. The van der Waals surface area contributed by atoms with Gasteiger partial charge in [0.15, 0.2) is 0 Å². The van der Waals surface area contributed by atoms with Crippen LogP contribution in [0.4, 0.5) is 0 Å². The molecule has 0 aliphatic carbocycles. The Labute approximate surface area is 170 Å². The lowest BCUT2D eigenvalue weighted by Crippen LogP contribution is -2.26. The predicted octanol–water partition coefficient (Wildman–Crippen LogP) is 4.07. The van der Waals surface area contributed by atoms with Gasteiger partial charge < -0.3 is 14.6 Å². The number of aromatic nitrogens is 2. The van der Waals surface area contributed by atoms with Crippen molar-refractivity contribution in [2.45, 2.75) is 13.0 Å². The fourth-order valence-electron chi connectivity index (χ4n) is 3.48. The number of hydrogen-bond acceptors (Lipinski definition) is 3. The largest absolute Gasteiger partial charge is 0.496 e. The second-order valence-electron chi connectivity index (χ2n) is 6.79. The lowest BCUT2D eigenvalue weighted by molar-refractivity contribution is 0.0954. The van der Waals surface area contributed by atoms with Gasteiger partial charge in [-0.3, -0.25) is 4.79 Å². The molecule has 1 N–H and O–H groups in total. The first-order chi connectivity index (χ1) is 14.3. The zero-order valence-electron chi connectivity index (χ0n) is 16.3. The maximum atomic E-state index is 12.3. The molecule has 29 heavy (non-hydrogen) atoms. The Morgan fingerprint density at radius 3 is 2.52 bits per heavy atom. The molecule has 0 saturated carbocycles. The number of carbonyl (C=O) groups excluding carboxylic acids is 1. The monoisotopic (exact) mass is 385 g/mol. The van der Waals surface area contributed by atoms with Crippen LogP contribution in [0.3, 0.4) is 0 Å². The van der Waals surface area contributed by atoms with Crippen molar-refractivity contribution in [3.05, 3.63) is 95.8 Å². The van der Waals surface area contributed by atoms with Crippen LogP contribution in [-0.4, -0.2) is 29.1 Å². The van der Waals surface area contributed by atoms with Crippen molar-refractivity contribution in [2.75, 3.05) is 13.7 Å². The molecule has 0 unspecified atom stereocenters. The normalized spacial score (nSPS) is 10.8. The molecular formula is C24H23N3O2. The van der Waals surface area contributed by atoms with Gasteiger partial charge in [-0.2, -0.15) is 0 Å². The number of para-hydroxylation sites is 3. The molecule has 0 aliphatic heterocycles. The summed E-state index contributed by atoms with van der Waals surface area (Å²) >= 11 is 0. The topological polar surface area (TPSA) is 56.1 Å². The standard InChI is InChI=1S/C24H23N3O2/c1-29-22-14-8-5-11-19(22)17-27-21-13-7-6-12-20(21)26-23(27)15-16-25-24(28)18-9-3-2-4-10-18/h2-14H,15-17H2,1H3,(H,25,28). The molecule has 1 heterocycles. The molecule has 1 aromatic heterocycles. The van der Waals surface area contributed by atoms with Gasteiger partial charge in [0.2, 0.25) is 0 Å². The number of ether oxygens (including phenoxy) is 1. The van der Waals surface area contributed by atoms with Crippen LogP contribution in [0.15, 0.2) is 78.9 Å². The van der Waals surface area contributed by atoms with Gasteiger partial charge in [0.1, 0.15) is 11.6 Å². The molecule has 0 radical (unpaired) electrons. The molecule has 4 rings (SSSR count). The summed E-state index contributed by atoms with van der Waals surface area (Å²) in [4.78, 5) is 17.1. The molecule has 0 bridgehead atoms. The molecule has 0 aliphatic rings. The minimum absolute atomic E-state index is 0.0713. The highest BCUT2D eigenvalue weighted by atomic mass is 16.5. The molecule has 0 fully saturated rings. The number of nitrogens with zero attached hydrogens (tertiary/aromatic N) is 2. The van der Waals surface area contributed by atoms with E-state index in [1.807, 2.05) is 66.7 Å². The molecule has 146 valence electrons. The SMILES string of the molecule is COc1ccccc1Cn1c(CCNC(=O)c2ccccc2)nc2ccccc21. The summed E-state index contributed by atoms with van der Waals surface area (Å²) in [5, 5.41) is 2.99. The number of benzene rings is 3. The number of amides is 1. The van der Waals surface area contributed by atoms with E-state index in [-0.39, 0.29) is 5.91 Å². The molecule has 1 amide bonds. The quantitative estimate of drug-likeness (QED) is 0.522. The van der Waals surface area contributed by atoms with Crippen molar-refractivity contribution in [2.24, 2.45) is 0 Å². The van der Waals surface area contributed by atoms with Crippen molar-refractivity contribution in [1.82, 2.24) is 14.9 Å².